The highest BCUT2D eigenvalue weighted by Crippen LogP contribution is 2.43. The number of phosphoric acid groups is 1. The minimum absolute atomic E-state index is 0.0231. The maximum Gasteiger partial charge on any atom is 0.472 e. The molecular weight excluding hydrogens is 729 g/mol. The van der Waals surface area contributed by atoms with Crippen molar-refractivity contribution in [3.05, 3.63) is 109 Å². The van der Waals surface area contributed by atoms with Gasteiger partial charge in [-0.05, 0) is 77.0 Å². The van der Waals surface area contributed by atoms with Crippen molar-refractivity contribution in [2.24, 2.45) is 5.73 Å². The lowest BCUT2D eigenvalue weighted by Gasteiger charge is -2.19. The summed E-state index contributed by atoms with van der Waals surface area (Å²) in [6, 6.07) is 0. The molecule has 0 aromatic carbocycles. The van der Waals surface area contributed by atoms with Gasteiger partial charge in [0.2, 0.25) is 0 Å². The van der Waals surface area contributed by atoms with Crippen LogP contribution in [0.1, 0.15) is 123 Å². The quantitative estimate of drug-likeness (QED) is 0.0183. The maximum absolute atomic E-state index is 12.5. The lowest BCUT2D eigenvalue weighted by molar-refractivity contribution is -0.161. The molecule has 56 heavy (non-hydrogen) atoms. The molecule has 0 aromatic rings. The van der Waals surface area contributed by atoms with Crippen molar-refractivity contribution in [2.45, 2.75) is 135 Å². The van der Waals surface area contributed by atoms with Gasteiger partial charge in [-0.2, -0.15) is 0 Å². The van der Waals surface area contributed by atoms with E-state index in [0.29, 0.717) is 25.7 Å². The topological polar surface area (TPSA) is 155 Å². The number of hydrogen-bond acceptors (Lipinski definition) is 9. The van der Waals surface area contributed by atoms with Crippen LogP contribution in [0.4, 0.5) is 0 Å². The van der Waals surface area contributed by atoms with Crippen molar-refractivity contribution in [1.82, 2.24) is 0 Å². The van der Waals surface area contributed by atoms with Gasteiger partial charge in [0.15, 0.2) is 6.10 Å². The molecule has 0 bridgehead atoms. The van der Waals surface area contributed by atoms with Crippen molar-refractivity contribution < 1.29 is 42.7 Å². The van der Waals surface area contributed by atoms with Crippen molar-refractivity contribution in [2.75, 3.05) is 26.4 Å². The summed E-state index contributed by atoms with van der Waals surface area (Å²) < 4.78 is 32.6. The Morgan fingerprint density at radius 1 is 0.643 bits per heavy atom. The molecule has 0 fully saturated rings. The minimum atomic E-state index is -4.42. The van der Waals surface area contributed by atoms with Gasteiger partial charge in [0.25, 0.3) is 0 Å². The highest BCUT2D eigenvalue weighted by Gasteiger charge is 2.25. The molecule has 3 atom stereocenters. The van der Waals surface area contributed by atoms with E-state index in [0.717, 1.165) is 70.6 Å². The first kappa shape index (κ1) is 52.6. The number of hydrogen-bond donors (Lipinski definition) is 3. The van der Waals surface area contributed by atoms with Gasteiger partial charge in [0.1, 0.15) is 6.61 Å². The largest absolute Gasteiger partial charge is 0.472 e. The number of carbonyl (C=O) groups excluding carboxylic acids is 2. The molecule has 0 amide bonds. The fraction of sp³-hybridized carbons (Fsp3) is 0.556. The molecule has 0 rings (SSSR count). The van der Waals surface area contributed by atoms with Crippen molar-refractivity contribution in [3.63, 3.8) is 0 Å². The van der Waals surface area contributed by atoms with E-state index < -0.39 is 32.5 Å². The van der Waals surface area contributed by atoms with E-state index in [4.69, 9.17) is 24.3 Å². The average Bonchev–Trinajstić information content (AvgIpc) is 3.18. The normalized spacial score (nSPS) is 15.0. The SMILES string of the molecule is CC/C=C\C/C=C\C/C=C\C/C=C\C/C=C\CCCC(=O)OC[C@H](COP(=O)(O)OCCN)OC(=O)CCC/C=C\C/C=C\C/C=C\C=C\[C@@H](O)CCCCC. The Bertz CT molecular complexity index is 1300. The number of aliphatic hydroxyl groups is 1. The monoisotopic (exact) mass is 801 g/mol. The van der Waals surface area contributed by atoms with Crippen molar-refractivity contribution in [1.29, 1.82) is 0 Å². The summed E-state index contributed by atoms with van der Waals surface area (Å²) in [7, 11) is -4.42. The standard InChI is InChI=1S/C45H72NO9P/c1-3-5-7-8-9-10-11-12-13-14-15-16-19-22-25-28-32-36-44(48)52-40-43(41-54-56(50,51)53-39-38-46)55-45(49)37-33-29-26-23-20-17-18-21-24-27-31-35-42(47)34-30-6-4-2/h5,7,9-10,12-13,15-18,22-27,31,35,42-43,47H,3-4,6,8,11,14,19-21,28-30,32-34,36-41,46H2,1-2H3,(H,50,51)/b7-5-,10-9-,13-12-,16-15-,18-17-,25-22-,26-23-,27-24-,35-31+/t42-,43+/m0/s1. The predicted molar refractivity (Wildman–Crippen MR) is 230 cm³/mol. The number of nitrogens with two attached hydrogens (primary N) is 1. The van der Waals surface area contributed by atoms with E-state index in [9.17, 15) is 24.2 Å². The van der Waals surface area contributed by atoms with Gasteiger partial charge in [-0.1, -0.05) is 142 Å². The molecule has 11 heteroatoms. The first-order valence-electron chi connectivity index (χ1n) is 20.5. The fourth-order valence-corrected chi connectivity index (χ4v) is 5.48. The Hall–Kier alpha value is -3.37. The zero-order chi connectivity index (χ0) is 41.2. The highest BCUT2D eigenvalue weighted by molar-refractivity contribution is 7.47. The van der Waals surface area contributed by atoms with Crippen LogP contribution in [0.5, 0.6) is 0 Å². The minimum Gasteiger partial charge on any atom is -0.462 e. The van der Waals surface area contributed by atoms with E-state index in [1.165, 1.54) is 0 Å². The van der Waals surface area contributed by atoms with Crippen LogP contribution < -0.4 is 5.73 Å². The summed E-state index contributed by atoms with van der Waals surface area (Å²) in [5, 5.41) is 9.89. The van der Waals surface area contributed by atoms with Crippen LogP contribution in [-0.2, 0) is 32.7 Å². The number of allylic oxidation sites excluding steroid dienone is 17. The van der Waals surface area contributed by atoms with Crippen LogP contribution in [0.25, 0.3) is 0 Å². The second-order valence-electron chi connectivity index (χ2n) is 13.0. The van der Waals surface area contributed by atoms with Gasteiger partial charge >= 0.3 is 19.8 Å². The van der Waals surface area contributed by atoms with E-state index in [1.807, 2.05) is 42.5 Å². The Morgan fingerprint density at radius 3 is 1.70 bits per heavy atom. The van der Waals surface area contributed by atoms with Crippen molar-refractivity contribution in [3.8, 4) is 0 Å². The molecule has 1 unspecified atom stereocenters. The van der Waals surface area contributed by atoms with Gasteiger partial charge in [0, 0.05) is 19.4 Å². The molecule has 0 aliphatic rings. The third kappa shape index (κ3) is 38.9. The van der Waals surface area contributed by atoms with Crippen LogP contribution in [0, 0.1) is 0 Å². The van der Waals surface area contributed by atoms with Crippen molar-refractivity contribution >= 4 is 19.8 Å². The molecule has 4 N–H and O–H groups in total. The molecule has 0 saturated heterocycles. The Kier molecular flexibility index (Phi) is 37.5. The van der Waals surface area contributed by atoms with Crippen LogP contribution >= 0.6 is 7.82 Å². The summed E-state index contributed by atoms with van der Waals surface area (Å²) in [4.78, 5) is 34.8. The number of carbonyl (C=O) groups is 2. The Morgan fingerprint density at radius 2 is 1.16 bits per heavy atom. The molecule has 0 spiro atoms. The molecule has 0 aromatic heterocycles. The maximum atomic E-state index is 12.5. The number of ether oxygens (including phenoxy) is 2. The molecule has 10 nitrogen and oxygen atoms in total. The second kappa shape index (κ2) is 39.8. The number of aliphatic hydroxyl groups excluding tert-OH is 1. The van der Waals surface area contributed by atoms with Crippen LogP contribution in [0.15, 0.2) is 109 Å². The number of unbranched alkanes of at least 4 members (excludes halogenated alkanes) is 4. The summed E-state index contributed by atoms with van der Waals surface area (Å²) in [5.74, 6) is -1.00. The van der Waals surface area contributed by atoms with Crippen LogP contribution in [0.3, 0.4) is 0 Å². The summed E-state index contributed by atoms with van der Waals surface area (Å²) in [5.41, 5.74) is 5.33. The molecule has 0 aliphatic carbocycles. The third-order valence-electron chi connectivity index (χ3n) is 7.75. The van der Waals surface area contributed by atoms with Gasteiger partial charge in [0.05, 0.1) is 19.3 Å². The molecule has 0 saturated carbocycles. The van der Waals surface area contributed by atoms with Gasteiger partial charge in [-0.15, -0.1) is 0 Å². The van der Waals surface area contributed by atoms with E-state index >= 15 is 0 Å². The molecule has 0 radical (unpaired) electrons. The summed E-state index contributed by atoms with van der Waals surface area (Å²) in [6.07, 6.45) is 48.9. The van der Waals surface area contributed by atoms with E-state index in [1.54, 1.807) is 0 Å². The smallest absolute Gasteiger partial charge is 0.462 e. The first-order chi connectivity index (χ1) is 27.2. The molecule has 0 aliphatic heterocycles. The summed E-state index contributed by atoms with van der Waals surface area (Å²) >= 11 is 0. The van der Waals surface area contributed by atoms with Crippen LogP contribution in [0.2, 0.25) is 0 Å². The zero-order valence-corrected chi connectivity index (χ0v) is 35.1. The Balaban J connectivity index is 4.45. The highest BCUT2D eigenvalue weighted by atomic mass is 31.2. The predicted octanol–water partition coefficient (Wildman–Crippen LogP) is 10.6. The summed E-state index contributed by atoms with van der Waals surface area (Å²) in [6.45, 7) is 3.31. The van der Waals surface area contributed by atoms with Crippen LogP contribution in [-0.4, -0.2) is 60.5 Å². The van der Waals surface area contributed by atoms with Gasteiger partial charge in [-0.25, -0.2) is 4.57 Å². The van der Waals surface area contributed by atoms with E-state index in [-0.39, 0.29) is 38.7 Å². The first-order valence-corrected chi connectivity index (χ1v) is 22.0. The zero-order valence-electron chi connectivity index (χ0n) is 34.2. The number of esters is 2. The lowest BCUT2D eigenvalue weighted by Crippen LogP contribution is -2.29. The second-order valence-corrected chi connectivity index (χ2v) is 14.4. The molecule has 0 heterocycles. The third-order valence-corrected chi connectivity index (χ3v) is 8.73. The number of phosphoric ester groups is 1. The lowest BCUT2D eigenvalue weighted by atomic mass is 10.1. The molecule has 316 valence electrons. The van der Waals surface area contributed by atoms with Gasteiger partial charge in [-0.3, -0.25) is 18.6 Å². The molecular formula is C45H72NO9P. The van der Waals surface area contributed by atoms with Gasteiger partial charge < -0.3 is 25.2 Å². The number of rotatable bonds is 36. The average molecular weight is 802 g/mol. The fourth-order valence-electron chi connectivity index (χ4n) is 4.71. The van der Waals surface area contributed by atoms with E-state index in [2.05, 4.69) is 80.7 Å². The Labute approximate surface area is 338 Å².